The van der Waals surface area contributed by atoms with Crippen molar-refractivity contribution in [3.8, 4) is 6.07 Å². The first kappa shape index (κ1) is 11.9. The number of rotatable bonds is 3. The number of hydrogen-bond donors (Lipinski definition) is 0. The summed E-state index contributed by atoms with van der Waals surface area (Å²) in [4.78, 5) is 10.9. The molecule has 1 aromatic rings. The number of ketones is 1. The van der Waals surface area contributed by atoms with Crippen LogP contribution < -0.4 is 0 Å². The smallest absolute Gasteiger partial charge is 0.143 e. The molecule has 0 heterocycles. The number of carbonyl (C=O) groups excluding carboxylic acids is 1. The Kier molecular flexibility index (Phi) is 4.05. The summed E-state index contributed by atoms with van der Waals surface area (Å²) in [6.45, 7) is 3.44. The molecule has 15 heavy (non-hydrogen) atoms. The fourth-order valence-corrected chi connectivity index (χ4v) is 1.74. The van der Waals surface area contributed by atoms with Crippen LogP contribution in [0.4, 0.5) is 0 Å². The number of hydrogen-bond acceptors (Lipinski definition) is 2. The number of alkyl halides is 1. The second-order valence-electron chi connectivity index (χ2n) is 3.50. The van der Waals surface area contributed by atoms with Crippen molar-refractivity contribution in [2.24, 2.45) is 0 Å². The second kappa shape index (κ2) is 5.09. The van der Waals surface area contributed by atoms with E-state index in [9.17, 15) is 4.79 Å². The molecule has 1 aromatic carbocycles. The predicted octanol–water partition coefficient (Wildman–Crippen LogP) is 2.76. The van der Waals surface area contributed by atoms with Crippen LogP contribution in [-0.2, 0) is 11.2 Å². The lowest BCUT2D eigenvalue weighted by Crippen LogP contribution is -2.13. The highest BCUT2D eigenvalue weighted by atomic mass is 79.9. The van der Waals surface area contributed by atoms with Crippen molar-refractivity contribution in [3.05, 3.63) is 34.9 Å². The van der Waals surface area contributed by atoms with Gasteiger partial charge in [0.2, 0.25) is 0 Å². The molecule has 1 atom stereocenters. The van der Waals surface area contributed by atoms with E-state index in [2.05, 4.69) is 22.0 Å². The molecule has 0 fully saturated rings. The van der Waals surface area contributed by atoms with Gasteiger partial charge in [-0.3, -0.25) is 4.79 Å². The Morgan fingerprint density at radius 2 is 2.27 bits per heavy atom. The van der Waals surface area contributed by atoms with Crippen molar-refractivity contribution in [1.29, 1.82) is 5.26 Å². The minimum Gasteiger partial charge on any atom is -0.299 e. The minimum absolute atomic E-state index is 0.0837. The Hall–Kier alpha value is -1.14. The van der Waals surface area contributed by atoms with Gasteiger partial charge in [0.25, 0.3) is 0 Å². The molecule has 0 aliphatic rings. The summed E-state index contributed by atoms with van der Waals surface area (Å²) < 4.78 is 0. The molecule has 0 N–H and O–H groups in total. The molecule has 0 saturated heterocycles. The molecule has 0 radical (unpaired) electrons. The van der Waals surface area contributed by atoms with Crippen LogP contribution in [0.2, 0.25) is 0 Å². The summed E-state index contributed by atoms with van der Waals surface area (Å²) in [6, 6.07) is 7.88. The Balaban J connectivity index is 3.01. The Bertz CT molecular complexity index is 420. The van der Waals surface area contributed by atoms with Crippen molar-refractivity contribution < 1.29 is 4.79 Å². The standard InChI is InChI=1S/C12H12BrNO/c1-8-4-3-5-10(11(8)7-14)6-12(13)9(2)15/h3-5,12H,6H2,1-2H3. The van der Waals surface area contributed by atoms with Crippen molar-refractivity contribution in [2.45, 2.75) is 25.1 Å². The van der Waals surface area contributed by atoms with E-state index in [0.29, 0.717) is 12.0 Å². The third-order valence-corrected chi connectivity index (χ3v) is 3.28. The highest BCUT2D eigenvalue weighted by Crippen LogP contribution is 2.17. The molecule has 0 aliphatic heterocycles. The Labute approximate surface area is 98.0 Å². The number of aryl methyl sites for hydroxylation is 1. The van der Waals surface area contributed by atoms with Gasteiger partial charge in [0.1, 0.15) is 5.78 Å². The maximum absolute atomic E-state index is 11.1. The van der Waals surface area contributed by atoms with Gasteiger partial charge in [0.15, 0.2) is 0 Å². The zero-order valence-corrected chi connectivity index (χ0v) is 10.3. The molecular formula is C12H12BrNO. The monoisotopic (exact) mass is 265 g/mol. The average molecular weight is 266 g/mol. The van der Waals surface area contributed by atoms with E-state index < -0.39 is 0 Å². The fourth-order valence-electron chi connectivity index (χ4n) is 1.40. The van der Waals surface area contributed by atoms with Gasteiger partial charge in [-0.05, 0) is 31.4 Å². The number of halogens is 1. The van der Waals surface area contributed by atoms with Gasteiger partial charge < -0.3 is 0 Å². The lowest BCUT2D eigenvalue weighted by Gasteiger charge is -2.09. The number of Topliss-reactive ketones (excluding diaryl/α,β-unsaturated/α-hetero) is 1. The van der Waals surface area contributed by atoms with E-state index in [4.69, 9.17) is 5.26 Å². The van der Waals surface area contributed by atoms with E-state index in [-0.39, 0.29) is 10.6 Å². The molecule has 0 amide bonds. The molecule has 1 rings (SSSR count). The molecule has 1 unspecified atom stereocenters. The van der Waals surface area contributed by atoms with Gasteiger partial charge in [-0.25, -0.2) is 0 Å². The van der Waals surface area contributed by atoms with Crippen molar-refractivity contribution in [3.63, 3.8) is 0 Å². The maximum Gasteiger partial charge on any atom is 0.143 e. The molecule has 78 valence electrons. The van der Waals surface area contributed by atoms with Crippen LogP contribution in [0.5, 0.6) is 0 Å². The number of nitrogens with zero attached hydrogens (tertiary/aromatic N) is 1. The highest BCUT2D eigenvalue weighted by Gasteiger charge is 2.13. The van der Waals surface area contributed by atoms with Crippen molar-refractivity contribution >= 4 is 21.7 Å². The van der Waals surface area contributed by atoms with Gasteiger partial charge in [0, 0.05) is 0 Å². The minimum atomic E-state index is -0.202. The molecule has 0 aromatic heterocycles. The molecule has 0 saturated carbocycles. The molecular weight excluding hydrogens is 254 g/mol. The van der Waals surface area contributed by atoms with E-state index in [1.54, 1.807) is 6.92 Å². The van der Waals surface area contributed by atoms with Crippen LogP contribution in [0, 0.1) is 18.3 Å². The quantitative estimate of drug-likeness (QED) is 0.789. The second-order valence-corrected chi connectivity index (χ2v) is 4.61. The van der Waals surface area contributed by atoms with Crippen LogP contribution in [-0.4, -0.2) is 10.6 Å². The molecule has 0 spiro atoms. The first-order valence-corrected chi connectivity index (χ1v) is 5.61. The number of nitriles is 1. The summed E-state index contributed by atoms with van der Waals surface area (Å²) in [5, 5.41) is 9.00. The first-order valence-electron chi connectivity index (χ1n) is 4.69. The Morgan fingerprint density at radius 1 is 1.60 bits per heavy atom. The van der Waals surface area contributed by atoms with Crippen LogP contribution in [0.3, 0.4) is 0 Å². The zero-order valence-electron chi connectivity index (χ0n) is 8.75. The van der Waals surface area contributed by atoms with Gasteiger partial charge >= 0.3 is 0 Å². The molecule has 3 heteroatoms. The van der Waals surface area contributed by atoms with Crippen LogP contribution in [0.25, 0.3) is 0 Å². The highest BCUT2D eigenvalue weighted by molar-refractivity contribution is 9.10. The van der Waals surface area contributed by atoms with Gasteiger partial charge in [-0.2, -0.15) is 5.26 Å². The van der Waals surface area contributed by atoms with Crippen LogP contribution in [0.15, 0.2) is 18.2 Å². The van der Waals surface area contributed by atoms with Crippen LogP contribution >= 0.6 is 15.9 Å². The van der Waals surface area contributed by atoms with Gasteiger partial charge in [-0.15, -0.1) is 0 Å². The average Bonchev–Trinajstić information content (AvgIpc) is 2.18. The summed E-state index contributed by atoms with van der Waals surface area (Å²) >= 11 is 3.31. The fraction of sp³-hybridized carbons (Fsp3) is 0.333. The van der Waals surface area contributed by atoms with Gasteiger partial charge in [0.05, 0.1) is 16.5 Å². The number of benzene rings is 1. The summed E-state index contributed by atoms with van der Waals surface area (Å²) in [5.41, 5.74) is 2.57. The van der Waals surface area contributed by atoms with E-state index in [0.717, 1.165) is 11.1 Å². The zero-order chi connectivity index (χ0) is 11.4. The Morgan fingerprint density at radius 3 is 2.80 bits per heavy atom. The largest absolute Gasteiger partial charge is 0.299 e. The molecule has 0 aliphatic carbocycles. The molecule has 2 nitrogen and oxygen atoms in total. The molecule has 0 bridgehead atoms. The van der Waals surface area contributed by atoms with Crippen molar-refractivity contribution in [2.75, 3.05) is 0 Å². The number of carbonyl (C=O) groups is 1. The van der Waals surface area contributed by atoms with E-state index >= 15 is 0 Å². The van der Waals surface area contributed by atoms with Gasteiger partial charge in [-0.1, -0.05) is 34.1 Å². The topological polar surface area (TPSA) is 40.9 Å². The maximum atomic E-state index is 11.1. The first-order chi connectivity index (χ1) is 7.06. The predicted molar refractivity (Wildman–Crippen MR) is 63.0 cm³/mol. The third kappa shape index (κ3) is 2.90. The normalized spacial score (nSPS) is 11.9. The lowest BCUT2D eigenvalue weighted by atomic mass is 9.98. The summed E-state index contributed by atoms with van der Waals surface area (Å²) in [5.74, 6) is 0.0837. The van der Waals surface area contributed by atoms with E-state index in [1.165, 1.54) is 0 Å². The third-order valence-electron chi connectivity index (χ3n) is 2.31. The van der Waals surface area contributed by atoms with Crippen LogP contribution in [0.1, 0.15) is 23.6 Å². The van der Waals surface area contributed by atoms with Crippen molar-refractivity contribution in [1.82, 2.24) is 0 Å². The summed E-state index contributed by atoms with van der Waals surface area (Å²) in [7, 11) is 0. The lowest BCUT2D eigenvalue weighted by molar-refractivity contribution is -0.116. The SMILES string of the molecule is CC(=O)C(Br)Cc1cccc(C)c1C#N. The summed E-state index contributed by atoms with van der Waals surface area (Å²) in [6.07, 6.45) is 0.569. The van der Waals surface area contributed by atoms with E-state index in [1.807, 2.05) is 25.1 Å².